The third kappa shape index (κ3) is 2.46. The highest BCUT2D eigenvalue weighted by Gasteiger charge is 2.38. The van der Waals surface area contributed by atoms with E-state index in [1.165, 1.54) is 25.7 Å². The maximum Gasteiger partial charge on any atom is 0.129 e. The summed E-state index contributed by atoms with van der Waals surface area (Å²) in [6.07, 6.45) is 7.36. The molecule has 2 rings (SSSR count). The van der Waals surface area contributed by atoms with Gasteiger partial charge in [0.15, 0.2) is 0 Å². The van der Waals surface area contributed by atoms with E-state index in [1.807, 2.05) is 0 Å². The van der Waals surface area contributed by atoms with Crippen molar-refractivity contribution in [1.29, 1.82) is 0 Å². The van der Waals surface area contributed by atoms with Crippen LogP contribution < -0.4 is 0 Å². The van der Waals surface area contributed by atoms with Crippen LogP contribution in [0.1, 0.15) is 39.0 Å². The summed E-state index contributed by atoms with van der Waals surface area (Å²) in [6, 6.07) is 0.711. The summed E-state index contributed by atoms with van der Waals surface area (Å²) in [6.45, 7) is 5.53. The zero-order valence-electron chi connectivity index (χ0n) is 10.3. The molecule has 0 N–H and O–H groups in total. The van der Waals surface area contributed by atoms with Crippen LogP contribution in [0.3, 0.4) is 0 Å². The Morgan fingerprint density at radius 2 is 2.19 bits per heavy atom. The Kier molecular flexibility index (Phi) is 3.98. The van der Waals surface area contributed by atoms with Gasteiger partial charge in [0.1, 0.15) is 6.29 Å². The second-order valence-electron chi connectivity index (χ2n) is 5.28. The number of rotatable bonds is 5. The van der Waals surface area contributed by atoms with Crippen molar-refractivity contribution in [2.45, 2.75) is 45.1 Å². The van der Waals surface area contributed by atoms with Crippen LogP contribution in [-0.4, -0.2) is 43.5 Å². The van der Waals surface area contributed by atoms with Crippen molar-refractivity contribution in [3.05, 3.63) is 0 Å². The first-order valence-corrected chi connectivity index (χ1v) is 6.58. The summed E-state index contributed by atoms with van der Waals surface area (Å²) in [5.74, 6) is 0. The maximum absolute atomic E-state index is 11.3. The van der Waals surface area contributed by atoms with Gasteiger partial charge < -0.3 is 9.53 Å². The highest BCUT2D eigenvalue weighted by molar-refractivity contribution is 5.60. The van der Waals surface area contributed by atoms with Gasteiger partial charge in [0, 0.05) is 19.2 Å². The Bertz CT molecular complexity index is 230. The molecule has 1 saturated heterocycles. The van der Waals surface area contributed by atoms with Crippen molar-refractivity contribution in [3.63, 3.8) is 0 Å². The summed E-state index contributed by atoms with van der Waals surface area (Å²) >= 11 is 0. The second kappa shape index (κ2) is 5.28. The van der Waals surface area contributed by atoms with Gasteiger partial charge in [-0.1, -0.05) is 19.8 Å². The Hall–Kier alpha value is -0.410. The van der Waals surface area contributed by atoms with Crippen molar-refractivity contribution in [3.8, 4) is 0 Å². The normalized spacial score (nSPS) is 31.4. The molecular weight excluding hydrogens is 202 g/mol. The standard InChI is InChI=1S/C13H23NO2/c1-2-14(12-5-3-4-6-12)9-13(10-15)7-8-16-11-13/h10,12H,2-9,11H2,1H3. The number of ether oxygens (including phenoxy) is 1. The predicted octanol–water partition coefficient (Wildman–Crippen LogP) is 1.86. The van der Waals surface area contributed by atoms with Gasteiger partial charge in [-0.05, 0) is 25.8 Å². The fraction of sp³-hybridized carbons (Fsp3) is 0.923. The van der Waals surface area contributed by atoms with Gasteiger partial charge in [-0.2, -0.15) is 0 Å². The molecule has 1 unspecified atom stereocenters. The molecule has 2 fully saturated rings. The molecule has 1 aliphatic carbocycles. The first kappa shape index (κ1) is 12.1. The minimum atomic E-state index is -0.210. The molecule has 0 amide bonds. The van der Waals surface area contributed by atoms with Gasteiger partial charge in [0.05, 0.1) is 12.0 Å². The molecule has 3 nitrogen and oxygen atoms in total. The van der Waals surface area contributed by atoms with Crippen LogP contribution in [0.25, 0.3) is 0 Å². The third-order valence-electron chi connectivity index (χ3n) is 4.15. The Labute approximate surface area is 98.1 Å². The predicted molar refractivity (Wildman–Crippen MR) is 63.4 cm³/mol. The molecule has 16 heavy (non-hydrogen) atoms. The fourth-order valence-electron chi connectivity index (χ4n) is 3.05. The zero-order chi connectivity index (χ0) is 11.4. The Balaban J connectivity index is 1.96. The van der Waals surface area contributed by atoms with E-state index in [-0.39, 0.29) is 5.41 Å². The quantitative estimate of drug-likeness (QED) is 0.669. The van der Waals surface area contributed by atoms with Crippen LogP contribution in [0, 0.1) is 5.41 Å². The highest BCUT2D eigenvalue weighted by atomic mass is 16.5. The summed E-state index contributed by atoms with van der Waals surface area (Å²) < 4.78 is 5.40. The fourth-order valence-corrected chi connectivity index (χ4v) is 3.05. The average Bonchev–Trinajstić information content (AvgIpc) is 2.98. The van der Waals surface area contributed by atoms with Gasteiger partial charge in [-0.3, -0.25) is 4.90 Å². The molecule has 1 saturated carbocycles. The van der Waals surface area contributed by atoms with E-state index in [4.69, 9.17) is 4.74 Å². The lowest BCUT2D eigenvalue weighted by Gasteiger charge is -2.33. The maximum atomic E-state index is 11.3. The van der Waals surface area contributed by atoms with E-state index in [1.54, 1.807) is 0 Å². The molecule has 3 heteroatoms. The van der Waals surface area contributed by atoms with Gasteiger partial charge in [-0.25, -0.2) is 0 Å². The van der Waals surface area contributed by atoms with Crippen molar-refractivity contribution in [2.24, 2.45) is 5.41 Å². The van der Waals surface area contributed by atoms with Gasteiger partial charge in [0.25, 0.3) is 0 Å². The van der Waals surface area contributed by atoms with Gasteiger partial charge in [0.2, 0.25) is 0 Å². The Morgan fingerprint density at radius 1 is 1.44 bits per heavy atom. The van der Waals surface area contributed by atoms with E-state index in [0.29, 0.717) is 12.6 Å². The monoisotopic (exact) mass is 225 g/mol. The molecule has 0 radical (unpaired) electrons. The molecule has 1 aliphatic heterocycles. The molecule has 0 aromatic carbocycles. The first-order chi connectivity index (χ1) is 7.79. The smallest absolute Gasteiger partial charge is 0.129 e. The lowest BCUT2D eigenvalue weighted by atomic mass is 9.88. The van der Waals surface area contributed by atoms with E-state index >= 15 is 0 Å². The van der Waals surface area contributed by atoms with Crippen LogP contribution in [-0.2, 0) is 9.53 Å². The third-order valence-corrected chi connectivity index (χ3v) is 4.15. The van der Waals surface area contributed by atoms with Crippen LogP contribution in [0.15, 0.2) is 0 Å². The number of nitrogens with zero attached hydrogens (tertiary/aromatic N) is 1. The van der Waals surface area contributed by atoms with E-state index < -0.39 is 0 Å². The van der Waals surface area contributed by atoms with Crippen molar-refractivity contribution >= 4 is 6.29 Å². The lowest BCUT2D eigenvalue weighted by molar-refractivity contribution is -0.117. The average molecular weight is 225 g/mol. The summed E-state index contributed by atoms with van der Waals surface area (Å²) in [5.41, 5.74) is -0.210. The largest absolute Gasteiger partial charge is 0.380 e. The molecule has 0 bridgehead atoms. The number of aldehydes is 1. The lowest BCUT2D eigenvalue weighted by Crippen LogP contribution is -2.43. The number of hydrogen-bond acceptors (Lipinski definition) is 3. The first-order valence-electron chi connectivity index (χ1n) is 6.58. The van der Waals surface area contributed by atoms with E-state index in [2.05, 4.69) is 11.8 Å². The molecule has 1 heterocycles. The van der Waals surface area contributed by atoms with E-state index in [0.717, 1.165) is 32.4 Å². The van der Waals surface area contributed by atoms with Crippen molar-refractivity contribution < 1.29 is 9.53 Å². The zero-order valence-corrected chi connectivity index (χ0v) is 10.3. The van der Waals surface area contributed by atoms with Crippen LogP contribution in [0.2, 0.25) is 0 Å². The minimum absolute atomic E-state index is 0.210. The minimum Gasteiger partial charge on any atom is -0.380 e. The molecule has 92 valence electrons. The number of carbonyl (C=O) groups is 1. The molecule has 0 spiro atoms. The Morgan fingerprint density at radius 3 is 2.69 bits per heavy atom. The molecule has 2 aliphatic rings. The molecule has 0 aromatic heterocycles. The van der Waals surface area contributed by atoms with Gasteiger partial charge in [-0.15, -0.1) is 0 Å². The molecule has 1 atom stereocenters. The summed E-state index contributed by atoms with van der Waals surface area (Å²) in [7, 11) is 0. The summed E-state index contributed by atoms with van der Waals surface area (Å²) in [5, 5.41) is 0. The van der Waals surface area contributed by atoms with Gasteiger partial charge >= 0.3 is 0 Å². The summed E-state index contributed by atoms with van der Waals surface area (Å²) in [4.78, 5) is 13.8. The van der Waals surface area contributed by atoms with Crippen LogP contribution >= 0.6 is 0 Å². The van der Waals surface area contributed by atoms with Crippen LogP contribution in [0.5, 0.6) is 0 Å². The molecular formula is C13H23NO2. The highest BCUT2D eigenvalue weighted by Crippen LogP contribution is 2.31. The van der Waals surface area contributed by atoms with Crippen molar-refractivity contribution in [1.82, 2.24) is 4.90 Å². The van der Waals surface area contributed by atoms with Crippen LogP contribution in [0.4, 0.5) is 0 Å². The number of carbonyl (C=O) groups excluding carboxylic acids is 1. The topological polar surface area (TPSA) is 29.5 Å². The number of hydrogen-bond donors (Lipinski definition) is 0. The second-order valence-corrected chi connectivity index (χ2v) is 5.28. The SMILES string of the molecule is CCN(CC1(C=O)CCOC1)C1CCCC1. The van der Waals surface area contributed by atoms with Crippen molar-refractivity contribution in [2.75, 3.05) is 26.3 Å². The molecule has 0 aromatic rings. The van der Waals surface area contributed by atoms with E-state index in [9.17, 15) is 4.79 Å².